The molecule has 1 aromatic rings. The number of ether oxygens (including phenoxy) is 1. The number of rotatable bonds is 12. The minimum atomic E-state index is -0.0469. The van der Waals surface area contributed by atoms with Gasteiger partial charge in [0.1, 0.15) is 5.75 Å². The lowest BCUT2D eigenvalue weighted by molar-refractivity contribution is -0.140. The summed E-state index contributed by atoms with van der Waals surface area (Å²) in [5.74, 6) is 3.43. The number of aromatic nitrogens is 1. The lowest BCUT2D eigenvalue weighted by Gasteiger charge is -2.31. The van der Waals surface area contributed by atoms with Gasteiger partial charge in [-0.3, -0.25) is 9.78 Å². The molecule has 3 heteroatoms. The van der Waals surface area contributed by atoms with Gasteiger partial charge in [0.05, 0.1) is 12.1 Å². The second-order valence-electron chi connectivity index (χ2n) is 10.7. The van der Waals surface area contributed by atoms with Crippen LogP contribution in [0.3, 0.4) is 0 Å². The van der Waals surface area contributed by atoms with Gasteiger partial charge >= 0.3 is 5.97 Å². The Bertz CT molecular complexity index is 640. The number of pyridine rings is 1. The molecule has 0 saturated heterocycles. The summed E-state index contributed by atoms with van der Waals surface area (Å²) in [5, 5.41) is 0. The van der Waals surface area contributed by atoms with Crippen molar-refractivity contribution in [1.82, 2.24) is 4.98 Å². The third-order valence-electron chi connectivity index (χ3n) is 8.15. The van der Waals surface area contributed by atoms with E-state index in [1.165, 1.54) is 89.9 Å². The van der Waals surface area contributed by atoms with Gasteiger partial charge in [-0.25, -0.2) is 0 Å². The summed E-state index contributed by atoms with van der Waals surface area (Å²) in [6, 6.07) is 3.92. The highest BCUT2D eigenvalue weighted by molar-refractivity contribution is 5.75. The van der Waals surface area contributed by atoms with Crippen LogP contribution in [0.4, 0.5) is 0 Å². The van der Waals surface area contributed by atoms with Gasteiger partial charge in [0.2, 0.25) is 0 Å². The fourth-order valence-electron chi connectivity index (χ4n) is 5.83. The predicted octanol–water partition coefficient (Wildman–Crippen LogP) is 8.30. The molecule has 3 nitrogen and oxygen atoms in total. The summed E-state index contributed by atoms with van der Waals surface area (Å²) in [6.45, 7) is 4.52. The van der Waals surface area contributed by atoms with Crippen molar-refractivity contribution in [2.24, 2.45) is 23.7 Å². The third kappa shape index (κ3) is 8.52. The molecule has 180 valence electrons. The van der Waals surface area contributed by atoms with Gasteiger partial charge in [-0.1, -0.05) is 84.5 Å². The van der Waals surface area contributed by atoms with Crippen LogP contribution in [0.15, 0.2) is 18.3 Å². The molecule has 0 radical (unpaired) electrons. The number of hydrogen-bond acceptors (Lipinski definition) is 3. The molecule has 0 bridgehead atoms. The zero-order chi connectivity index (χ0) is 22.6. The van der Waals surface area contributed by atoms with E-state index < -0.39 is 0 Å². The molecule has 0 N–H and O–H groups in total. The van der Waals surface area contributed by atoms with Crippen LogP contribution in [0.2, 0.25) is 0 Å². The van der Waals surface area contributed by atoms with E-state index in [0.29, 0.717) is 5.75 Å². The largest absolute Gasteiger partial charge is 0.425 e. The molecule has 2 aliphatic carbocycles. The highest BCUT2D eigenvalue weighted by Crippen LogP contribution is 2.38. The molecule has 1 heterocycles. The molecule has 2 fully saturated rings. The van der Waals surface area contributed by atoms with Crippen molar-refractivity contribution < 1.29 is 9.53 Å². The molecule has 0 spiro atoms. The summed E-state index contributed by atoms with van der Waals surface area (Å²) in [5.41, 5.74) is 1.09. The summed E-state index contributed by atoms with van der Waals surface area (Å²) < 4.78 is 5.66. The molecule has 3 rings (SSSR count). The lowest BCUT2D eigenvalue weighted by atomic mass is 9.75. The molecule has 0 aliphatic heterocycles. The van der Waals surface area contributed by atoms with E-state index >= 15 is 0 Å². The van der Waals surface area contributed by atoms with Crippen LogP contribution in [0.1, 0.15) is 122 Å². The number of carbonyl (C=O) groups is 1. The van der Waals surface area contributed by atoms with Gasteiger partial charge < -0.3 is 4.74 Å². The third-order valence-corrected chi connectivity index (χ3v) is 8.15. The Labute approximate surface area is 197 Å². The van der Waals surface area contributed by atoms with Crippen molar-refractivity contribution in [1.29, 1.82) is 0 Å². The van der Waals surface area contributed by atoms with Crippen LogP contribution < -0.4 is 4.74 Å². The van der Waals surface area contributed by atoms with E-state index in [9.17, 15) is 4.79 Å². The Balaban J connectivity index is 1.30. The molecule has 0 unspecified atom stereocenters. The quantitative estimate of drug-likeness (QED) is 0.242. The summed E-state index contributed by atoms with van der Waals surface area (Å²) >= 11 is 0. The zero-order valence-corrected chi connectivity index (χ0v) is 20.8. The van der Waals surface area contributed by atoms with E-state index in [1.807, 2.05) is 12.1 Å². The lowest BCUT2D eigenvalue weighted by Crippen LogP contribution is -2.26. The van der Waals surface area contributed by atoms with E-state index in [4.69, 9.17) is 4.74 Å². The fraction of sp³-hybridized carbons (Fsp3) is 0.793. The molecule has 0 aromatic carbocycles. The van der Waals surface area contributed by atoms with Gasteiger partial charge in [0.15, 0.2) is 0 Å². The topological polar surface area (TPSA) is 39.2 Å². The van der Waals surface area contributed by atoms with E-state index in [2.05, 4.69) is 18.8 Å². The first kappa shape index (κ1) is 25.2. The zero-order valence-electron chi connectivity index (χ0n) is 20.8. The van der Waals surface area contributed by atoms with Gasteiger partial charge in [-0.15, -0.1) is 0 Å². The van der Waals surface area contributed by atoms with Crippen molar-refractivity contribution in [3.05, 3.63) is 24.0 Å². The minimum Gasteiger partial charge on any atom is -0.425 e. The van der Waals surface area contributed by atoms with Crippen LogP contribution in [0.5, 0.6) is 5.75 Å². The number of aryl methyl sites for hydroxylation is 1. The number of esters is 1. The molecule has 0 amide bonds. The Kier molecular flexibility index (Phi) is 11.1. The highest BCUT2D eigenvalue weighted by atomic mass is 16.5. The average Bonchev–Trinajstić information content (AvgIpc) is 2.83. The average molecular weight is 442 g/mol. The van der Waals surface area contributed by atoms with Crippen LogP contribution in [0.25, 0.3) is 0 Å². The highest BCUT2D eigenvalue weighted by Gasteiger charge is 2.29. The number of hydrogen-bond donors (Lipinski definition) is 0. The van der Waals surface area contributed by atoms with Crippen LogP contribution >= 0.6 is 0 Å². The maximum Gasteiger partial charge on any atom is 0.314 e. The molecule has 2 saturated carbocycles. The molecule has 2 aliphatic rings. The summed E-state index contributed by atoms with van der Waals surface area (Å²) in [6.07, 6.45) is 23.6. The fourth-order valence-corrected chi connectivity index (χ4v) is 5.83. The van der Waals surface area contributed by atoms with Crippen molar-refractivity contribution in [2.45, 2.75) is 123 Å². The molecular formula is C29H47NO2. The SMILES string of the molecule is CCCCCc1ccc(OC(=O)C2CCC(CCC3CCC(CCCC)CC3)CC2)cn1. The monoisotopic (exact) mass is 441 g/mol. The Morgan fingerprint density at radius 2 is 1.41 bits per heavy atom. The summed E-state index contributed by atoms with van der Waals surface area (Å²) in [7, 11) is 0. The molecule has 1 aromatic heterocycles. The second-order valence-corrected chi connectivity index (χ2v) is 10.7. The molecular weight excluding hydrogens is 394 g/mol. The summed E-state index contributed by atoms with van der Waals surface area (Å²) in [4.78, 5) is 17.1. The smallest absolute Gasteiger partial charge is 0.314 e. The first-order valence-corrected chi connectivity index (χ1v) is 13.8. The minimum absolute atomic E-state index is 0.0469. The van der Waals surface area contributed by atoms with E-state index in [-0.39, 0.29) is 11.9 Å². The standard InChI is InChI=1S/C29H47NO2/c1-3-5-7-9-27-20-21-28(22-30-27)32-29(31)26-18-16-25(17-19-26)15-14-24-12-10-23(11-13-24)8-6-4-2/h20-26H,3-19H2,1-2H3. The predicted molar refractivity (Wildman–Crippen MR) is 133 cm³/mol. The first-order valence-electron chi connectivity index (χ1n) is 13.8. The Morgan fingerprint density at radius 3 is 1.97 bits per heavy atom. The maximum atomic E-state index is 12.6. The van der Waals surface area contributed by atoms with Gasteiger partial charge in [-0.2, -0.15) is 0 Å². The number of unbranched alkanes of at least 4 members (excludes halogenated alkanes) is 3. The number of nitrogens with zero attached hydrogens (tertiary/aromatic N) is 1. The van der Waals surface area contributed by atoms with Crippen LogP contribution in [-0.2, 0) is 11.2 Å². The second kappa shape index (κ2) is 14.0. The van der Waals surface area contributed by atoms with Crippen molar-refractivity contribution >= 4 is 5.97 Å². The molecule has 0 atom stereocenters. The van der Waals surface area contributed by atoms with Gasteiger partial charge in [-0.05, 0) is 68.4 Å². The first-order chi connectivity index (χ1) is 15.7. The normalized spacial score (nSPS) is 26.1. The van der Waals surface area contributed by atoms with Gasteiger partial charge in [0, 0.05) is 5.69 Å². The Hall–Kier alpha value is -1.38. The maximum absolute atomic E-state index is 12.6. The Morgan fingerprint density at radius 1 is 0.812 bits per heavy atom. The van der Waals surface area contributed by atoms with Crippen LogP contribution in [0, 0.1) is 23.7 Å². The van der Waals surface area contributed by atoms with Crippen molar-refractivity contribution in [2.75, 3.05) is 0 Å². The van der Waals surface area contributed by atoms with E-state index in [0.717, 1.165) is 42.7 Å². The van der Waals surface area contributed by atoms with Crippen LogP contribution in [-0.4, -0.2) is 11.0 Å². The number of carbonyl (C=O) groups excluding carboxylic acids is 1. The molecule has 32 heavy (non-hydrogen) atoms. The van der Waals surface area contributed by atoms with E-state index in [1.54, 1.807) is 6.20 Å². The van der Waals surface area contributed by atoms with Crippen molar-refractivity contribution in [3.8, 4) is 5.75 Å². The van der Waals surface area contributed by atoms with Gasteiger partial charge in [0.25, 0.3) is 0 Å². The van der Waals surface area contributed by atoms with Crippen molar-refractivity contribution in [3.63, 3.8) is 0 Å².